The first kappa shape index (κ1) is 24.1. The van der Waals surface area contributed by atoms with Crippen molar-refractivity contribution in [2.24, 2.45) is 4.40 Å². The molecule has 0 spiro atoms. The average Bonchev–Trinajstić information content (AvgIpc) is 2.58. The third-order valence-corrected chi connectivity index (χ3v) is 5.03. The lowest BCUT2D eigenvalue weighted by Gasteiger charge is -2.27. The topological polar surface area (TPSA) is 68.2 Å². The monoisotopic (exact) mass is 410 g/mol. The van der Waals surface area contributed by atoms with E-state index in [9.17, 15) is 9.00 Å². The van der Waals surface area contributed by atoms with Gasteiger partial charge in [-0.25, -0.2) is 9.00 Å². The summed E-state index contributed by atoms with van der Waals surface area (Å²) in [6.07, 6.45) is 2.69. The van der Waals surface area contributed by atoms with Gasteiger partial charge in [-0.05, 0) is 72.1 Å². The summed E-state index contributed by atoms with van der Waals surface area (Å²) in [6.45, 7) is 12.2. The summed E-state index contributed by atoms with van der Waals surface area (Å²) < 4.78 is 26.4. The van der Waals surface area contributed by atoms with Crippen molar-refractivity contribution in [1.29, 1.82) is 0 Å². The number of rotatable bonds is 8. The number of carbonyl (C=O) groups is 1. The Morgan fingerprint density at radius 2 is 1.75 bits per heavy atom. The number of hydrogen-bond donors (Lipinski definition) is 0. The molecule has 1 amide bonds. The van der Waals surface area contributed by atoms with Crippen LogP contribution in [0.3, 0.4) is 0 Å². The van der Waals surface area contributed by atoms with Gasteiger partial charge in [0.25, 0.3) is 0 Å². The van der Waals surface area contributed by atoms with Crippen molar-refractivity contribution in [3.05, 3.63) is 29.8 Å². The number of ether oxygens (including phenoxy) is 2. The molecule has 158 valence electrons. The molecule has 0 aliphatic carbocycles. The molecule has 0 N–H and O–H groups in total. The van der Waals surface area contributed by atoms with Gasteiger partial charge in [-0.3, -0.25) is 0 Å². The SMILES string of the molecule is COc1ccc(CN(CCC/C=N/[S@](=O)C(C)(C)C)C(=O)OC(C)(C)C)cc1. The van der Waals surface area contributed by atoms with Gasteiger partial charge in [-0.1, -0.05) is 12.1 Å². The van der Waals surface area contributed by atoms with Crippen LogP contribution in [0.2, 0.25) is 0 Å². The lowest BCUT2D eigenvalue weighted by atomic mass is 10.2. The second kappa shape index (κ2) is 10.6. The molecule has 0 aliphatic rings. The second-order valence-electron chi connectivity index (χ2n) is 8.54. The maximum Gasteiger partial charge on any atom is 0.410 e. The van der Waals surface area contributed by atoms with Gasteiger partial charge in [-0.2, -0.15) is 4.40 Å². The summed E-state index contributed by atoms with van der Waals surface area (Å²) in [5.41, 5.74) is 0.439. The minimum Gasteiger partial charge on any atom is -0.497 e. The summed E-state index contributed by atoms with van der Waals surface area (Å²) in [5.74, 6) is 0.774. The predicted octanol–water partition coefficient (Wildman–Crippen LogP) is 4.75. The Morgan fingerprint density at radius 1 is 1.14 bits per heavy atom. The van der Waals surface area contributed by atoms with Crippen molar-refractivity contribution in [3.63, 3.8) is 0 Å². The third-order valence-electron chi connectivity index (χ3n) is 3.64. The fourth-order valence-electron chi connectivity index (χ4n) is 2.16. The molecule has 6 nitrogen and oxygen atoms in total. The molecule has 0 aromatic heterocycles. The number of hydrogen-bond acceptors (Lipinski definition) is 4. The Morgan fingerprint density at radius 3 is 2.25 bits per heavy atom. The standard InChI is InChI=1S/C21H34N2O4S/c1-20(2,3)27-19(24)23(16-17-10-12-18(26-7)13-11-17)15-9-8-14-22-28(25)21(4,5)6/h10-14H,8-9,15-16H2,1-7H3/b22-14+/t28-/m1/s1. The Kier molecular flexibility index (Phi) is 9.14. The zero-order chi connectivity index (χ0) is 21.4. The highest BCUT2D eigenvalue weighted by Crippen LogP contribution is 2.16. The minimum absolute atomic E-state index is 0.349. The molecule has 1 rings (SSSR count). The van der Waals surface area contributed by atoms with Crippen LogP contribution in [0.25, 0.3) is 0 Å². The van der Waals surface area contributed by atoms with E-state index in [4.69, 9.17) is 9.47 Å². The molecule has 1 atom stereocenters. The van der Waals surface area contributed by atoms with Crippen LogP contribution < -0.4 is 4.74 Å². The molecule has 1 aromatic rings. The van der Waals surface area contributed by atoms with Gasteiger partial charge in [0.05, 0.1) is 11.9 Å². The van der Waals surface area contributed by atoms with Gasteiger partial charge in [0.15, 0.2) is 0 Å². The second-order valence-corrected chi connectivity index (χ2v) is 10.5. The third kappa shape index (κ3) is 9.35. The van der Waals surface area contributed by atoms with Gasteiger partial charge in [0.2, 0.25) is 0 Å². The summed E-state index contributed by atoms with van der Waals surface area (Å²) >= 11 is 0. The molecule has 7 heteroatoms. The van der Waals surface area contributed by atoms with E-state index < -0.39 is 16.6 Å². The van der Waals surface area contributed by atoms with Crippen LogP contribution in [0.15, 0.2) is 28.7 Å². The molecule has 0 saturated heterocycles. The number of carbonyl (C=O) groups excluding carboxylic acids is 1. The molecule has 0 aliphatic heterocycles. The highest BCUT2D eigenvalue weighted by molar-refractivity contribution is 7.85. The summed E-state index contributed by atoms with van der Waals surface area (Å²) in [4.78, 5) is 14.3. The Bertz CT molecular complexity index is 673. The van der Waals surface area contributed by atoms with Crippen LogP contribution in [-0.2, 0) is 22.3 Å². The van der Waals surface area contributed by atoms with Crippen LogP contribution in [0, 0.1) is 0 Å². The molecule has 0 fully saturated rings. The van der Waals surface area contributed by atoms with Gasteiger partial charge < -0.3 is 14.4 Å². The van der Waals surface area contributed by atoms with Gasteiger partial charge in [-0.15, -0.1) is 0 Å². The van der Waals surface area contributed by atoms with Crippen LogP contribution >= 0.6 is 0 Å². The molecular formula is C21H34N2O4S. The largest absolute Gasteiger partial charge is 0.497 e. The Balaban J connectivity index is 2.71. The normalized spacial score (nSPS) is 13.4. The van der Waals surface area contributed by atoms with Crippen molar-refractivity contribution >= 4 is 23.3 Å². The zero-order valence-corrected chi connectivity index (χ0v) is 19.0. The van der Waals surface area contributed by atoms with Crippen LogP contribution in [0.5, 0.6) is 5.75 Å². The van der Waals surface area contributed by atoms with Gasteiger partial charge in [0, 0.05) is 19.3 Å². The van der Waals surface area contributed by atoms with Gasteiger partial charge in [0.1, 0.15) is 22.3 Å². The minimum atomic E-state index is -1.26. The van der Waals surface area contributed by atoms with E-state index in [2.05, 4.69) is 4.40 Å². The van der Waals surface area contributed by atoms with Crippen molar-refractivity contribution in [2.45, 2.75) is 71.3 Å². The number of nitrogens with zero attached hydrogens (tertiary/aromatic N) is 2. The maximum absolute atomic E-state index is 12.6. The predicted molar refractivity (Wildman–Crippen MR) is 115 cm³/mol. The lowest BCUT2D eigenvalue weighted by molar-refractivity contribution is 0.0232. The number of methoxy groups -OCH3 is 1. The molecule has 28 heavy (non-hydrogen) atoms. The molecule has 1 aromatic carbocycles. The average molecular weight is 411 g/mol. The first-order chi connectivity index (χ1) is 12.9. The van der Waals surface area contributed by atoms with Crippen molar-refractivity contribution in [3.8, 4) is 5.75 Å². The van der Waals surface area contributed by atoms with E-state index in [0.29, 0.717) is 25.9 Å². The number of unbranched alkanes of at least 4 members (excludes halogenated alkanes) is 1. The first-order valence-corrected chi connectivity index (χ1v) is 10.6. The fourth-order valence-corrected chi connectivity index (χ4v) is 2.72. The van der Waals surface area contributed by atoms with Crippen molar-refractivity contribution in [2.75, 3.05) is 13.7 Å². The van der Waals surface area contributed by atoms with E-state index in [1.165, 1.54) is 0 Å². The number of amides is 1. The van der Waals surface area contributed by atoms with E-state index in [1.807, 2.05) is 65.8 Å². The lowest BCUT2D eigenvalue weighted by Crippen LogP contribution is -2.37. The van der Waals surface area contributed by atoms with Gasteiger partial charge >= 0.3 is 6.09 Å². The van der Waals surface area contributed by atoms with E-state index in [0.717, 1.165) is 11.3 Å². The summed E-state index contributed by atoms with van der Waals surface area (Å²) in [6, 6.07) is 7.61. The number of benzene rings is 1. The molecule has 0 heterocycles. The Labute approximate surface area is 171 Å². The molecule has 0 unspecified atom stereocenters. The quantitative estimate of drug-likeness (QED) is 0.458. The molecule has 0 saturated carbocycles. The van der Waals surface area contributed by atoms with Crippen molar-refractivity contribution in [1.82, 2.24) is 4.90 Å². The van der Waals surface area contributed by atoms with Crippen molar-refractivity contribution < 1.29 is 18.5 Å². The first-order valence-electron chi connectivity index (χ1n) is 9.48. The molecular weight excluding hydrogens is 376 g/mol. The van der Waals surface area contributed by atoms with E-state index in [-0.39, 0.29) is 10.8 Å². The van der Waals surface area contributed by atoms with E-state index in [1.54, 1.807) is 18.2 Å². The van der Waals surface area contributed by atoms with Crippen LogP contribution in [0.1, 0.15) is 59.9 Å². The summed E-state index contributed by atoms with van der Waals surface area (Å²) in [7, 11) is 0.365. The highest BCUT2D eigenvalue weighted by Gasteiger charge is 2.22. The zero-order valence-electron chi connectivity index (χ0n) is 18.2. The molecule has 0 radical (unpaired) electrons. The van der Waals surface area contributed by atoms with Crippen LogP contribution in [-0.4, -0.2) is 45.4 Å². The highest BCUT2D eigenvalue weighted by atomic mass is 32.2. The van der Waals surface area contributed by atoms with Crippen LogP contribution in [0.4, 0.5) is 4.79 Å². The fraction of sp³-hybridized carbons (Fsp3) is 0.619. The maximum atomic E-state index is 12.6. The smallest absolute Gasteiger partial charge is 0.410 e. The Hall–Kier alpha value is -1.89. The molecule has 0 bridgehead atoms. The van der Waals surface area contributed by atoms with E-state index >= 15 is 0 Å². The summed E-state index contributed by atoms with van der Waals surface area (Å²) in [5, 5.41) is 0.